The van der Waals surface area contributed by atoms with Gasteiger partial charge in [-0.05, 0) is 0 Å². The Bertz CT molecular complexity index is 974. The molecule has 3 aromatic rings. The highest BCUT2D eigenvalue weighted by molar-refractivity contribution is 7.15. The van der Waals surface area contributed by atoms with E-state index in [0.717, 1.165) is 10.9 Å². The van der Waals surface area contributed by atoms with Crippen molar-refractivity contribution < 1.29 is 18.0 Å². The second kappa shape index (κ2) is 5.67. The Hall–Kier alpha value is -2.83. The molecule has 3 rings (SSSR count). The van der Waals surface area contributed by atoms with Gasteiger partial charge in [0.15, 0.2) is 5.65 Å². The highest BCUT2D eigenvalue weighted by Crippen LogP contribution is 2.32. The molecule has 0 saturated carbocycles. The van der Waals surface area contributed by atoms with Crippen molar-refractivity contribution in [3.05, 3.63) is 27.9 Å². The Morgan fingerprint density at radius 2 is 2.12 bits per heavy atom. The predicted octanol–water partition coefficient (Wildman–Crippen LogP) is 0.639. The van der Waals surface area contributed by atoms with E-state index in [1.54, 1.807) is 7.05 Å². The van der Waals surface area contributed by atoms with E-state index >= 15 is 0 Å². The molecule has 0 aliphatic heterocycles. The number of carbonyl (C=O) groups is 1. The monoisotopic (exact) mass is 359 g/mol. The number of rotatable bonds is 3. The highest BCUT2D eigenvalue weighted by Gasteiger charge is 2.35. The van der Waals surface area contributed by atoms with Crippen LogP contribution in [0.15, 0.2) is 17.3 Å². The summed E-state index contributed by atoms with van der Waals surface area (Å²) in [6, 6.07) is 0. The van der Waals surface area contributed by atoms with Gasteiger partial charge in [0.05, 0.1) is 6.20 Å². The number of nitrogens with zero attached hydrogens (tertiary/aromatic N) is 6. The second-order valence-corrected chi connectivity index (χ2v) is 5.62. The van der Waals surface area contributed by atoms with Crippen molar-refractivity contribution in [3.63, 3.8) is 0 Å². The predicted molar refractivity (Wildman–Crippen MR) is 76.3 cm³/mol. The van der Waals surface area contributed by atoms with Crippen molar-refractivity contribution in [2.24, 2.45) is 7.05 Å². The Kier molecular flexibility index (Phi) is 3.79. The van der Waals surface area contributed by atoms with Gasteiger partial charge in [-0.1, -0.05) is 11.3 Å². The molecule has 24 heavy (non-hydrogen) atoms. The summed E-state index contributed by atoms with van der Waals surface area (Å²) in [4.78, 5) is 28.1. The summed E-state index contributed by atoms with van der Waals surface area (Å²) >= 11 is 0.193. The van der Waals surface area contributed by atoms with Crippen LogP contribution in [-0.2, 0) is 24.6 Å². The molecule has 0 saturated heterocycles. The number of hydrogen-bond acceptors (Lipinski definition) is 7. The number of aryl methyl sites for hydroxylation is 1. The fourth-order valence-corrected chi connectivity index (χ4v) is 2.51. The van der Waals surface area contributed by atoms with Gasteiger partial charge in [0, 0.05) is 7.05 Å². The van der Waals surface area contributed by atoms with Crippen molar-refractivity contribution in [2.75, 3.05) is 5.32 Å². The largest absolute Gasteiger partial charge is 0.445 e. The van der Waals surface area contributed by atoms with Gasteiger partial charge in [-0.15, -0.1) is 10.2 Å². The van der Waals surface area contributed by atoms with E-state index < -0.39 is 29.2 Å². The molecule has 0 spiro atoms. The Balaban J connectivity index is 1.77. The van der Waals surface area contributed by atoms with Crippen LogP contribution in [0, 0.1) is 0 Å². The number of anilines is 1. The van der Waals surface area contributed by atoms with Gasteiger partial charge in [-0.3, -0.25) is 24.2 Å². The first kappa shape index (κ1) is 16.0. The summed E-state index contributed by atoms with van der Waals surface area (Å²) in [5, 5.41) is 11.0. The fraction of sp³-hybridized carbons (Fsp3) is 0.273. The maximum atomic E-state index is 12.4. The van der Waals surface area contributed by atoms with Crippen LogP contribution in [0.4, 0.5) is 18.3 Å². The minimum atomic E-state index is -4.63. The van der Waals surface area contributed by atoms with Crippen LogP contribution in [0.1, 0.15) is 5.01 Å². The van der Waals surface area contributed by atoms with Crippen LogP contribution in [0.25, 0.3) is 11.0 Å². The topological polar surface area (TPSA) is 108 Å². The van der Waals surface area contributed by atoms with Crippen molar-refractivity contribution >= 4 is 33.4 Å². The molecule has 1 amide bonds. The van der Waals surface area contributed by atoms with Crippen LogP contribution in [0.5, 0.6) is 0 Å². The van der Waals surface area contributed by atoms with Gasteiger partial charge in [0.2, 0.25) is 16.0 Å². The second-order valence-electron chi connectivity index (χ2n) is 4.64. The number of aromatic nitrogens is 6. The van der Waals surface area contributed by atoms with Crippen LogP contribution in [0.3, 0.4) is 0 Å². The lowest BCUT2D eigenvalue weighted by Gasteiger charge is -2.04. The molecule has 0 aliphatic carbocycles. The number of amides is 1. The molecule has 3 heterocycles. The zero-order valence-electron chi connectivity index (χ0n) is 11.9. The molecule has 0 atom stereocenters. The SMILES string of the molecule is Cn1ncc2c(=O)n(CC(=O)Nc3nnc(C(F)(F)F)s3)cnc21. The third-order valence-electron chi connectivity index (χ3n) is 2.95. The lowest BCUT2D eigenvalue weighted by Crippen LogP contribution is -2.27. The normalized spacial score (nSPS) is 11.8. The summed E-state index contributed by atoms with van der Waals surface area (Å²) in [5.74, 6) is -0.730. The Labute approximate surface area is 134 Å². The standard InChI is InChI=1S/C11H8F3N7O2S/c1-20-7-5(2-16-20)8(23)21(4-15-7)3-6(22)17-10-19-18-9(24-10)11(12,13)14/h2,4H,3H2,1H3,(H,17,19,22). The van der Waals surface area contributed by atoms with Gasteiger partial charge in [-0.25, -0.2) is 4.98 Å². The van der Waals surface area contributed by atoms with Crippen LogP contribution < -0.4 is 10.9 Å². The first-order chi connectivity index (χ1) is 11.3. The zero-order valence-corrected chi connectivity index (χ0v) is 12.7. The van der Waals surface area contributed by atoms with Gasteiger partial charge < -0.3 is 0 Å². The van der Waals surface area contributed by atoms with E-state index in [-0.39, 0.29) is 21.9 Å². The number of alkyl halides is 3. The minimum absolute atomic E-state index is 0.193. The molecule has 1 N–H and O–H groups in total. The van der Waals surface area contributed by atoms with Crippen molar-refractivity contribution in [3.8, 4) is 0 Å². The van der Waals surface area contributed by atoms with Crippen LogP contribution >= 0.6 is 11.3 Å². The molecule has 0 aromatic carbocycles. The lowest BCUT2D eigenvalue weighted by molar-refractivity contribution is -0.138. The summed E-state index contributed by atoms with van der Waals surface area (Å²) in [5.41, 5.74) is -0.132. The molecule has 3 aromatic heterocycles. The van der Waals surface area contributed by atoms with Gasteiger partial charge in [-0.2, -0.15) is 18.3 Å². The molecule has 9 nitrogen and oxygen atoms in total. The number of carbonyl (C=O) groups excluding carboxylic acids is 1. The molecular formula is C11H8F3N7O2S. The minimum Gasteiger partial charge on any atom is -0.299 e. The van der Waals surface area contributed by atoms with E-state index in [9.17, 15) is 22.8 Å². The average molecular weight is 359 g/mol. The summed E-state index contributed by atoms with van der Waals surface area (Å²) < 4.78 is 39.7. The molecule has 13 heteroatoms. The maximum Gasteiger partial charge on any atom is 0.445 e. The Morgan fingerprint density at radius 3 is 2.79 bits per heavy atom. The first-order valence-corrected chi connectivity index (χ1v) is 7.15. The number of halogens is 3. The summed E-state index contributed by atoms with van der Waals surface area (Å²) in [6.07, 6.45) is -2.15. The van der Waals surface area contributed by atoms with Gasteiger partial charge in [0.1, 0.15) is 18.3 Å². The van der Waals surface area contributed by atoms with Gasteiger partial charge in [0.25, 0.3) is 5.56 Å². The van der Waals surface area contributed by atoms with Crippen LogP contribution in [-0.4, -0.2) is 35.4 Å². The molecule has 0 unspecified atom stereocenters. The summed E-state index contributed by atoms with van der Waals surface area (Å²) in [6.45, 7) is -0.433. The van der Waals surface area contributed by atoms with Crippen molar-refractivity contribution in [2.45, 2.75) is 12.7 Å². The quantitative estimate of drug-likeness (QED) is 0.735. The average Bonchev–Trinajstić information content (AvgIpc) is 3.09. The van der Waals surface area contributed by atoms with E-state index in [0.29, 0.717) is 5.65 Å². The van der Waals surface area contributed by atoms with E-state index in [1.807, 2.05) is 0 Å². The van der Waals surface area contributed by atoms with E-state index in [2.05, 4.69) is 25.6 Å². The smallest absolute Gasteiger partial charge is 0.299 e. The molecule has 0 fully saturated rings. The van der Waals surface area contributed by atoms with E-state index in [4.69, 9.17) is 0 Å². The van der Waals surface area contributed by atoms with Crippen molar-refractivity contribution in [1.82, 2.24) is 29.5 Å². The zero-order chi connectivity index (χ0) is 17.5. The van der Waals surface area contributed by atoms with Gasteiger partial charge >= 0.3 is 6.18 Å². The molecule has 0 bridgehead atoms. The van der Waals surface area contributed by atoms with E-state index in [1.165, 1.54) is 10.9 Å². The fourth-order valence-electron chi connectivity index (χ4n) is 1.88. The lowest BCUT2D eigenvalue weighted by atomic mass is 10.4. The third kappa shape index (κ3) is 2.97. The molecular weight excluding hydrogens is 351 g/mol. The molecule has 0 radical (unpaired) electrons. The molecule has 126 valence electrons. The Morgan fingerprint density at radius 1 is 1.38 bits per heavy atom. The first-order valence-electron chi connectivity index (χ1n) is 6.33. The number of nitrogens with one attached hydrogen (secondary N) is 1. The number of fused-ring (bicyclic) bond motifs is 1. The van der Waals surface area contributed by atoms with Crippen molar-refractivity contribution in [1.29, 1.82) is 0 Å². The number of hydrogen-bond donors (Lipinski definition) is 1. The van der Waals surface area contributed by atoms with Crippen LogP contribution in [0.2, 0.25) is 0 Å². The third-order valence-corrected chi connectivity index (χ3v) is 3.83. The molecule has 0 aliphatic rings. The highest BCUT2D eigenvalue weighted by atomic mass is 32.1. The maximum absolute atomic E-state index is 12.4. The summed E-state index contributed by atoms with van der Waals surface area (Å²) in [7, 11) is 1.61.